The molecule has 1 fully saturated rings. The van der Waals surface area contributed by atoms with Crippen LogP contribution in [0.25, 0.3) is 16.6 Å². The first-order valence-corrected chi connectivity index (χ1v) is 13.5. The maximum absolute atomic E-state index is 13.4. The molecule has 4 aromatic rings. The Bertz CT molecular complexity index is 1600. The summed E-state index contributed by atoms with van der Waals surface area (Å²) in [6.07, 6.45) is 3.24. The van der Waals surface area contributed by atoms with Gasteiger partial charge in [-0.15, -0.1) is 0 Å². The summed E-state index contributed by atoms with van der Waals surface area (Å²) in [7, 11) is -2.87. The van der Waals surface area contributed by atoms with Crippen molar-refractivity contribution >= 4 is 38.4 Å². The summed E-state index contributed by atoms with van der Waals surface area (Å²) in [4.78, 5) is 17.3. The molecule has 0 spiro atoms. The van der Waals surface area contributed by atoms with Crippen molar-refractivity contribution in [2.75, 3.05) is 20.3 Å². The monoisotopic (exact) mass is 540 g/mol. The van der Waals surface area contributed by atoms with Crippen molar-refractivity contribution in [1.29, 1.82) is 0 Å². The first-order valence-electron chi connectivity index (χ1n) is 11.6. The van der Waals surface area contributed by atoms with Gasteiger partial charge in [-0.3, -0.25) is 4.79 Å². The second-order valence-corrected chi connectivity index (χ2v) is 11.1. The van der Waals surface area contributed by atoms with E-state index in [0.29, 0.717) is 23.9 Å². The van der Waals surface area contributed by atoms with Crippen molar-refractivity contribution in [2.24, 2.45) is 0 Å². The molecule has 11 heteroatoms. The van der Waals surface area contributed by atoms with Crippen LogP contribution in [0.4, 0.5) is 0 Å². The highest BCUT2D eigenvalue weighted by Gasteiger charge is 2.32. The van der Waals surface area contributed by atoms with E-state index in [0.717, 1.165) is 29.5 Å². The molecule has 1 amide bonds. The molecule has 0 aliphatic carbocycles. The Morgan fingerprint density at radius 2 is 1.92 bits per heavy atom. The van der Waals surface area contributed by atoms with Gasteiger partial charge in [-0.1, -0.05) is 30.7 Å². The van der Waals surface area contributed by atoms with Crippen LogP contribution in [0.15, 0.2) is 65.7 Å². The van der Waals surface area contributed by atoms with E-state index >= 15 is 0 Å². The van der Waals surface area contributed by atoms with Gasteiger partial charge in [0, 0.05) is 24.8 Å². The lowest BCUT2D eigenvalue weighted by atomic mass is 9.76. The lowest BCUT2D eigenvalue weighted by molar-refractivity contribution is 0.0563. The van der Waals surface area contributed by atoms with Crippen molar-refractivity contribution in [3.05, 3.63) is 77.2 Å². The second kappa shape index (κ2) is 9.77. The van der Waals surface area contributed by atoms with E-state index in [2.05, 4.69) is 21.7 Å². The zero-order valence-corrected chi connectivity index (χ0v) is 21.8. The van der Waals surface area contributed by atoms with Crippen LogP contribution in [0.2, 0.25) is 5.15 Å². The molecule has 0 radical (unpaired) electrons. The van der Waals surface area contributed by atoms with E-state index in [1.807, 2.05) is 12.1 Å². The van der Waals surface area contributed by atoms with Crippen LogP contribution in [-0.2, 0) is 20.2 Å². The molecule has 2 aromatic carbocycles. The van der Waals surface area contributed by atoms with Crippen LogP contribution in [0.5, 0.6) is 5.75 Å². The second-order valence-electron chi connectivity index (χ2n) is 9.10. The molecule has 3 heterocycles. The predicted molar refractivity (Wildman–Crippen MR) is 139 cm³/mol. The average molecular weight is 541 g/mol. The Kier molecular flexibility index (Phi) is 6.65. The van der Waals surface area contributed by atoms with Crippen molar-refractivity contribution in [3.8, 4) is 11.4 Å². The third-order valence-electron chi connectivity index (χ3n) is 6.72. The van der Waals surface area contributed by atoms with Crippen molar-refractivity contribution in [2.45, 2.75) is 30.1 Å². The standard InChI is InChI=1S/C26H25ClN4O5S/c1-26(11-14-36-15-12-26)17-6-9-22(35-2)23(16-17)37(33,34)30-25(32)20-8-7-18-19(28-20)4-3-5-21(18)31-13-10-24(27)29-31/h3-10,13,16H,11-12,14-15H2,1-2H3,(H,30,32). The molecule has 0 atom stereocenters. The number of ether oxygens (including phenoxy) is 2. The number of carbonyl (C=O) groups is 1. The van der Waals surface area contributed by atoms with Crippen molar-refractivity contribution in [3.63, 3.8) is 0 Å². The minimum absolute atomic E-state index is 0.0433. The van der Waals surface area contributed by atoms with Gasteiger partial charge in [0.25, 0.3) is 15.9 Å². The molecule has 2 aromatic heterocycles. The number of fused-ring (bicyclic) bond motifs is 1. The molecule has 0 unspecified atom stereocenters. The van der Waals surface area contributed by atoms with Crippen molar-refractivity contribution < 1.29 is 22.7 Å². The summed E-state index contributed by atoms with van der Waals surface area (Å²) >= 11 is 5.95. The highest BCUT2D eigenvalue weighted by Crippen LogP contribution is 2.37. The largest absolute Gasteiger partial charge is 0.495 e. The lowest BCUT2D eigenvalue weighted by Gasteiger charge is -2.34. The molecule has 5 rings (SSSR count). The number of pyridine rings is 1. The van der Waals surface area contributed by atoms with Gasteiger partial charge in [-0.05, 0) is 66.3 Å². The number of rotatable bonds is 6. The SMILES string of the molecule is COc1ccc(C2(C)CCOCC2)cc1S(=O)(=O)NC(=O)c1ccc2c(-n3ccc(Cl)n3)cccc2n1. The molecule has 37 heavy (non-hydrogen) atoms. The zero-order valence-electron chi connectivity index (χ0n) is 20.3. The molecule has 0 saturated carbocycles. The van der Waals surface area contributed by atoms with Crippen LogP contribution in [0.1, 0.15) is 35.8 Å². The molecule has 0 bridgehead atoms. The van der Waals surface area contributed by atoms with Crippen LogP contribution in [0.3, 0.4) is 0 Å². The fourth-order valence-corrected chi connectivity index (χ4v) is 5.80. The fourth-order valence-electron chi connectivity index (χ4n) is 4.50. The number of nitrogens with zero attached hydrogens (tertiary/aromatic N) is 3. The van der Waals surface area contributed by atoms with Gasteiger partial charge in [0.15, 0.2) is 5.15 Å². The number of amides is 1. The number of carbonyl (C=O) groups excluding carboxylic acids is 1. The van der Waals surface area contributed by atoms with Crippen LogP contribution >= 0.6 is 11.6 Å². The summed E-state index contributed by atoms with van der Waals surface area (Å²) in [5, 5.41) is 5.28. The molecular weight excluding hydrogens is 516 g/mol. The maximum Gasteiger partial charge on any atom is 0.283 e. The molecular formula is C26H25ClN4O5S. The van der Waals surface area contributed by atoms with Gasteiger partial charge >= 0.3 is 0 Å². The number of nitrogens with one attached hydrogen (secondary N) is 1. The molecule has 1 aliphatic heterocycles. The first-order chi connectivity index (χ1) is 17.7. The Morgan fingerprint density at radius 3 is 2.62 bits per heavy atom. The minimum atomic E-state index is -4.26. The maximum atomic E-state index is 13.4. The highest BCUT2D eigenvalue weighted by atomic mass is 35.5. The smallest absolute Gasteiger partial charge is 0.283 e. The van der Waals surface area contributed by atoms with Crippen molar-refractivity contribution in [1.82, 2.24) is 19.5 Å². The van der Waals surface area contributed by atoms with E-state index < -0.39 is 15.9 Å². The number of hydrogen-bond donors (Lipinski definition) is 1. The van der Waals surface area contributed by atoms with Crippen LogP contribution < -0.4 is 9.46 Å². The number of methoxy groups -OCH3 is 1. The fraction of sp³-hybridized carbons (Fsp3) is 0.269. The van der Waals surface area contributed by atoms with E-state index in [-0.39, 0.29) is 21.8 Å². The Labute approximate surface area is 219 Å². The lowest BCUT2D eigenvalue weighted by Crippen LogP contribution is -2.33. The molecule has 1 saturated heterocycles. The topological polar surface area (TPSA) is 112 Å². The third-order valence-corrected chi connectivity index (χ3v) is 8.27. The average Bonchev–Trinajstić information content (AvgIpc) is 3.33. The quantitative estimate of drug-likeness (QED) is 0.388. The summed E-state index contributed by atoms with van der Waals surface area (Å²) in [6.45, 7) is 3.28. The summed E-state index contributed by atoms with van der Waals surface area (Å²) in [5.41, 5.74) is 1.79. The molecule has 1 N–H and O–H groups in total. The van der Waals surface area contributed by atoms with Gasteiger partial charge in [0.2, 0.25) is 0 Å². The molecule has 192 valence electrons. The third kappa shape index (κ3) is 4.92. The van der Waals surface area contributed by atoms with Gasteiger partial charge < -0.3 is 9.47 Å². The van der Waals surface area contributed by atoms with E-state index in [1.54, 1.807) is 47.3 Å². The minimum Gasteiger partial charge on any atom is -0.495 e. The number of aromatic nitrogens is 3. The highest BCUT2D eigenvalue weighted by molar-refractivity contribution is 7.90. The summed E-state index contributed by atoms with van der Waals surface area (Å²) in [5.74, 6) is -0.701. The number of sulfonamides is 1. The Hall–Kier alpha value is -3.47. The number of halogens is 1. The normalized spacial score (nSPS) is 15.4. The number of hydrogen-bond acceptors (Lipinski definition) is 7. The van der Waals surface area contributed by atoms with Gasteiger partial charge in [-0.2, -0.15) is 5.10 Å². The van der Waals surface area contributed by atoms with Crippen LogP contribution in [-0.4, -0.2) is 49.4 Å². The van der Waals surface area contributed by atoms with Crippen LogP contribution in [0, 0.1) is 0 Å². The van der Waals surface area contributed by atoms with Gasteiger partial charge in [-0.25, -0.2) is 22.8 Å². The van der Waals surface area contributed by atoms with Gasteiger partial charge in [0.05, 0.1) is 18.3 Å². The van der Waals surface area contributed by atoms with E-state index in [9.17, 15) is 13.2 Å². The first kappa shape index (κ1) is 25.2. The summed E-state index contributed by atoms with van der Waals surface area (Å²) < 4.78 is 41.3. The Morgan fingerprint density at radius 1 is 1.14 bits per heavy atom. The zero-order chi connectivity index (χ0) is 26.2. The molecule has 9 nitrogen and oxygen atoms in total. The number of benzene rings is 2. The predicted octanol–water partition coefficient (Wildman–Crippen LogP) is 4.27. The van der Waals surface area contributed by atoms with Gasteiger partial charge in [0.1, 0.15) is 16.3 Å². The molecule has 1 aliphatic rings. The van der Waals surface area contributed by atoms with E-state index in [4.69, 9.17) is 21.1 Å². The van der Waals surface area contributed by atoms with E-state index in [1.165, 1.54) is 13.2 Å². The Balaban J connectivity index is 1.45. The summed E-state index contributed by atoms with van der Waals surface area (Å²) in [6, 6.07) is 15.2.